The third kappa shape index (κ3) is 5.60. The maximum atomic E-state index is 14.7. The molecule has 0 saturated carbocycles. The molecule has 2 saturated heterocycles. The standard InChI is InChI=1S/C35H47N3O7/c1-21(2)24(20-39)38-30-32(42)37(34(4,5)6)19-13-9-12-16-26(40)36(7)22(3)29(23-14-10-8-11-15-23)44-33(43)27-25-17-18-35(30,45-25)28(27)31(38)41/h8-11,13-15,17-18,21-22,24-25,27-30,39H,12,16,19-20H2,1-7H3/b13-9-/t22-,24+,25+,27-,28-,29+,30+,35-/m1/s1. The number of ether oxygens (including phenoxy) is 2. The van der Waals surface area contributed by atoms with Gasteiger partial charge in [-0.05, 0) is 45.6 Å². The van der Waals surface area contributed by atoms with Gasteiger partial charge in [0, 0.05) is 25.6 Å². The number of hydrogen-bond donors (Lipinski definition) is 1. The summed E-state index contributed by atoms with van der Waals surface area (Å²) in [5, 5.41) is 10.5. The molecule has 4 heterocycles. The molecule has 2 fully saturated rings. The van der Waals surface area contributed by atoms with Gasteiger partial charge in [0.1, 0.15) is 23.7 Å². The Morgan fingerprint density at radius 3 is 2.36 bits per heavy atom. The minimum atomic E-state index is -1.40. The second-order valence-electron chi connectivity index (χ2n) is 14.1. The fraction of sp³-hybridized carbons (Fsp3) is 0.600. The molecule has 0 aromatic heterocycles. The van der Waals surface area contributed by atoms with Gasteiger partial charge in [-0.3, -0.25) is 19.2 Å². The first-order valence-corrected chi connectivity index (χ1v) is 16.0. The molecule has 10 nitrogen and oxygen atoms in total. The fourth-order valence-corrected chi connectivity index (χ4v) is 7.38. The van der Waals surface area contributed by atoms with Gasteiger partial charge in [-0.15, -0.1) is 0 Å². The fourth-order valence-electron chi connectivity index (χ4n) is 7.38. The highest BCUT2D eigenvalue weighted by atomic mass is 16.6. The van der Waals surface area contributed by atoms with E-state index in [1.807, 2.05) is 84.0 Å². The molecule has 4 aliphatic heterocycles. The normalized spacial score (nSPS) is 34.0. The highest BCUT2D eigenvalue weighted by Gasteiger charge is 2.74. The summed E-state index contributed by atoms with van der Waals surface area (Å²) in [4.78, 5) is 61.6. The number of carbonyl (C=O) groups excluding carboxylic acids is 4. The van der Waals surface area contributed by atoms with E-state index in [9.17, 15) is 24.3 Å². The average Bonchev–Trinajstić information content (AvgIpc) is 3.63. The molecular formula is C35H47N3O7. The molecule has 0 unspecified atom stereocenters. The van der Waals surface area contributed by atoms with Crippen molar-refractivity contribution < 1.29 is 33.8 Å². The van der Waals surface area contributed by atoms with E-state index < -0.39 is 65.2 Å². The molecule has 5 rings (SSSR count). The van der Waals surface area contributed by atoms with Crippen molar-refractivity contribution in [2.45, 2.75) is 95.9 Å². The summed E-state index contributed by atoms with van der Waals surface area (Å²) in [5.74, 6) is -3.64. The van der Waals surface area contributed by atoms with Crippen molar-refractivity contribution in [2.24, 2.45) is 17.8 Å². The number of likely N-dealkylation sites (tertiary alicyclic amines) is 1. The Kier molecular flexibility index (Phi) is 9.03. The van der Waals surface area contributed by atoms with Crippen molar-refractivity contribution >= 4 is 23.7 Å². The predicted molar refractivity (Wildman–Crippen MR) is 167 cm³/mol. The molecule has 1 N–H and O–H groups in total. The third-order valence-corrected chi connectivity index (χ3v) is 10.0. The lowest BCUT2D eigenvalue weighted by molar-refractivity contribution is -0.164. The average molecular weight is 622 g/mol. The predicted octanol–water partition coefficient (Wildman–Crippen LogP) is 3.26. The van der Waals surface area contributed by atoms with Crippen LogP contribution in [0, 0.1) is 17.8 Å². The van der Waals surface area contributed by atoms with E-state index in [1.54, 1.807) is 29.0 Å². The minimum absolute atomic E-state index is 0.101. The highest BCUT2D eigenvalue weighted by molar-refractivity contribution is 5.99. The number of rotatable bonds is 4. The lowest BCUT2D eigenvalue weighted by atomic mass is 9.74. The summed E-state index contributed by atoms with van der Waals surface area (Å²) in [6.07, 6.45) is 6.46. The number of aliphatic hydroxyl groups is 1. The zero-order valence-electron chi connectivity index (χ0n) is 27.4. The second kappa shape index (κ2) is 12.4. The summed E-state index contributed by atoms with van der Waals surface area (Å²) < 4.78 is 12.8. The Hall–Kier alpha value is -3.50. The summed E-state index contributed by atoms with van der Waals surface area (Å²) in [6, 6.07) is 7.00. The van der Waals surface area contributed by atoms with E-state index in [4.69, 9.17) is 9.47 Å². The zero-order valence-corrected chi connectivity index (χ0v) is 27.4. The Bertz CT molecular complexity index is 1370. The van der Waals surface area contributed by atoms with Gasteiger partial charge >= 0.3 is 5.97 Å². The molecule has 244 valence electrons. The quantitative estimate of drug-likeness (QED) is 0.405. The van der Waals surface area contributed by atoms with Crippen LogP contribution >= 0.6 is 0 Å². The van der Waals surface area contributed by atoms with Crippen LogP contribution in [0.25, 0.3) is 0 Å². The number of cyclic esters (lactones) is 1. The van der Waals surface area contributed by atoms with Crippen LogP contribution in [0.1, 0.15) is 66.1 Å². The molecule has 1 aromatic rings. The van der Waals surface area contributed by atoms with Gasteiger partial charge in [-0.25, -0.2) is 0 Å². The molecule has 5 bridgehead atoms. The lowest BCUT2D eigenvalue weighted by Gasteiger charge is -2.43. The van der Waals surface area contributed by atoms with Gasteiger partial charge in [-0.2, -0.15) is 0 Å². The number of carbonyl (C=O) groups is 4. The first kappa shape index (κ1) is 32.9. The number of amides is 3. The van der Waals surface area contributed by atoms with Gasteiger partial charge < -0.3 is 29.3 Å². The van der Waals surface area contributed by atoms with Crippen LogP contribution in [0.3, 0.4) is 0 Å². The van der Waals surface area contributed by atoms with E-state index in [2.05, 4.69) is 0 Å². The Balaban J connectivity index is 1.65. The van der Waals surface area contributed by atoms with E-state index in [-0.39, 0.29) is 37.3 Å². The molecule has 1 spiro atoms. The molecule has 45 heavy (non-hydrogen) atoms. The minimum Gasteiger partial charge on any atom is -0.455 e. The van der Waals surface area contributed by atoms with Crippen molar-refractivity contribution in [3.63, 3.8) is 0 Å². The first-order chi connectivity index (χ1) is 21.2. The van der Waals surface area contributed by atoms with Gasteiger partial charge in [0.2, 0.25) is 17.7 Å². The van der Waals surface area contributed by atoms with Crippen LogP contribution < -0.4 is 0 Å². The molecule has 4 aliphatic rings. The van der Waals surface area contributed by atoms with Crippen LogP contribution in [0.5, 0.6) is 0 Å². The van der Waals surface area contributed by atoms with Gasteiger partial charge in [0.15, 0.2) is 0 Å². The van der Waals surface area contributed by atoms with Crippen molar-refractivity contribution in [2.75, 3.05) is 20.2 Å². The molecule has 0 radical (unpaired) electrons. The van der Waals surface area contributed by atoms with Crippen molar-refractivity contribution in [1.29, 1.82) is 0 Å². The molecule has 8 atom stereocenters. The number of fused-ring (bicyclic) bond motifs is 2. The largest absolute Gasteiger partial charge is 0.455 e. The molecule has 10 heteroatoms. The van der Waals surface area contributed by atoms with Gasteiger partial charge in [0.05, 0.1) is 30.7 Å². The van der Waals surface area contributed by atoms with Crippen LogP contribution in [-0.2, 0) is 28.7 Å². The smallest absolute Gasteiger partial charge is 0.313 e. The zero-order chi connectivity index (χ0) is 32.8. The Morgan fingerprint density at radius 1 is 1.04 bits per heavy atom. The lowest BCUT2D eigenvalue weighted by Crippen LogP contribution is -2.62. The summed E-state index contributed by atoms with van der Waals surface area (Å²) in [7, 11) is 1.71. The molecule has 1 aromatic carbocycles. The number of benzene rings is 1. The summed E-state index contributed by atoms with van der Waals surface area (Å²) >= 11 is 0. The maximum absolute atomic E-state index is 14.7. The first-order valence-electron chi connectivity index (χ1n) is 16.0. The topological polar surface area (TPSA) is 117 Å². The second-order valence-corrected chi connectivity index (χ2v) is 14.1. The molecular weight excluding hydrogens is 574 g/mol. The van der Waals surface area contributed by atoms with Crippen LogP contribution in [-0.4, -0.2) is 99.1 Å². The van der Waals surface area contributed by atoms with Crippen molar-refractivity contribution in [1.82, 2.24) is 14.7 Å². The van der Waals surface area contributed by atoms with Crippen LogP contribution in [0.4, 0.5) is 0 Å². The third-order valence-electron chi connectivity index (χ3n) is 10.0. The van der Waals surface area contributed by atoms with E-state index in [0.29, 0.717) is 6.42 Å². The number of hydrogen-bond acceptors (Lipinski definition) is 7. The Labute approximate surface area is 266 Å². The SMILES string of the molecule is CC(C)[C@H](CO)N1C(=O)[C@H]2[C@@H]3C(=O)O[C@H](c4ccccc4)[C@@H](C)N(C)C(=O)CC/C=C\CN(C(C)(C)C)C(=O)[C@H]1[C@@]21C=C[C@@H]3O1. The van der Waals surface area contributed by atoms with Gasteiger partial charge in [0.25, 0.3) is 0 Å². The number of esters is 1. The molecule has 3 amide bonds. The van der Waals surface area contributed by atoms with Crippen LogP contribution in [0.15, 0.2) is 54.6 Å². The Morgan fingerprint density at radius 2 is 1.73 bits per heavy atom. The van der Waals surface area contributed by atoms with Crippen molar-refractivity contribution in [3.05, 3.63) is 60.2 Å². The van der Waals surface area contributed by atoms with Crippen molar-refractivity contribution in [3.8, 4) is 0 Å². The van der Waals surface area contributed by atoms with Gasteiger partial charge in [-0.1, -0.05) is 68.5 Å². The van der Waals surface area contributed by atoms with E-state index >= 15 is 0 Å². The number of nitrogens with zero attached hydrogens (tertiary/aromatic N) is 3. The monoisotopic (exact) mass is 621 g/mol. The summed E-state index contributed by atoms with van der Waals surface area (Å²) in [5.41, 5.74) is -1.31. The number of allylic oxidation sites excluding steroid dienone is 1. The summed E-state index contributed by atoms with van der Waals surface area (Å²) in [6.45, 7) is 11.3. The van der Waals surface area contributed by atoms with Crippen LogP contribution in [0.2, 0.25) is 0 Å². The van der Waals surface area contributed by atoms with E-state index in [1.165, 1.54) is 4.90 Å². The van der Waals surface area contributed by atoms with E-state index in [0.717, 1.165) is 5.56 Å². The highest BCUT2D eigenvalue weighted by Crippen LogP contribution is 2.56. The maximum Gasteiger partial charge on any atom is 0.313 e. The number of aliphatic hydroxyl groups excluding tert-OH is 1. The number of likely N-dealkylation sites (N-methyl/N-ethyl adjacent to an activating group) is 1. The molecule has 0 aliphatic carbocycles.